The molecule has 8 nitrogen and oxygen atoms in total. The van der Waals surface area contributed by atoms with Crippen LogP contribution in [0.15, 0.2) is 48.5 Å². The van der Waals surface area contributed by atoms with Gasteiger partial charge in [-0.1, -0.05) is 0 Å². The van der Waals surface area contributed by atoms with E-state index in [1.165, 1.54) is 38.3 Å². The number of nitrogens with one attached hydrogen (secondary N) is 3. The highest BCUT2D eigenvalue weighted by molar-refractivity contribution is 6.43. The van der Waals surface area contributed by atoms with E-state index < -0.39 is 17.8 Å². The first-order chi connectivity index (χ1) is 12.4. The van der Waals surface area contributed by atoms with Crippen molar-refractivity contribution in [3.05, 3.63) is 54.1 Å². The predicted octanol–water partition coefficient (Wildman–Crippen LogP) is 2.01. The molecule has 8 heteroatoms. The highest BCUT2D eigenvalue weighted by Crippen LogP contribution is 2.14. The number of amides is 3. The van der Waals surface area contributed by atoms with Crippen LogP contribution in [0.5, 0.6) is 0 Å². The summed E-state index contributed by atoms with van der Waals surface area (Å²) in [5.41, 5.74) is 1.67. The van der Waals surface area contributed by atoms with E-state index in [-0.39, 0.29) is 5.91 Å². The van der Waals surface area contributed by atoms with Crippen LogP contribution in [0.1, 0.15) is 17.3 Å². The number of ether oxygens (including phenoxy) is 1. The van der Waals surface area contributed by atoms with E-state index >= 15 is 0 Å². The van der Waals surface area contributed by atoms with Gasteiger partial charge in [-0.2, -0.15) is 0 Å². The summed E-state index contributed by atoms with van der Waals surface area (Å²) >= 11 is 0. The molecule has 2 aromatic rings. The van der Waals surface area contributed by atoms with Crippen molar-refractivity contribution in [3.8, 4) is 0 Å². The lowest BCUT2D eigenvalue weighted by atomic mass is 10.2. The number of hydrogen-bond acceptors (Lipinski definition) is 5. The van der Waals surface area contributed by atoms with E-state index in [1.54, 1.807) is 24.3 Å². The maximum Gasteiger partial charge on any atom is 0.337 e. The first-order valence-electron chi connectivity index (χ1n) is 7.57. The zero-order valence-electron chi connectivity index (χ0n) is 14.2. The van der Waals surface area contributed by atoms with Gasteiger partial charge in [0, 0.05) is 24.0 Å². The lowest BCUT2D eigenvalue weighted by Crippen LogP contribution is -2.29. The van der Waals surface area contributed by atoms with Gasteiger partial charge in [0.2, 0.25) is 5.91 Å². The molecule has 0 heterocycles. The molecular weight excluding hydrogens is 338 g/mol. The Morgan fingerprint density at radius 1 is 0.692 bits per heavy atom. The van der Waals surface area contributed by atoms with Crippen LogP contribution in [0.2, 0.25) is 0 Å². The molecule has 2 rings (SSSR count). The topological polar surface area (TPSA) is 114 Å². The van der Waals surface area contributed by atoms with Crippen molar-refractivity contribution in [1.29, 1.82) is 0 Å². The monoisotopic (exact) mass is 355 g/mol. The first kappa shape index (κ1) is 18.7. The normalized spacial score (nSPS) is 9.77. The van der Waals surface area contributed by atoms with E-state index in [0.717, 1.165) is 0 Å². The summed E-state index contributed by atoms with van der Waals surface area (Å²) in [6.45, 7) is 1.39. The molecule has 0 unspecified atom stereocenters. The van der Waals surface area contributed by atoms with Crippen molar-refractivity contribution < 1.29 is 23.9 Å². The maximum absolute atomic E-state index is 11.9. The van der Waals surface area contributed by atoms with Crippen LogP contribution in [0, 0.1) is 0 Å². The Labute approximate surface area is 149 Å². The van der Waals surface area contributed by atoms with Gasteiger partial charge in [-0.25, -0.2) is 4.79 Å². The minimum absolute atomic E-state index is 0.209. The van der Waals surface area contributed by atoms with Gasteiger partial charge < -0.3 is 20.7 Å². The number of anilines is 3. The van der Waals surface area contributed by atoms with Crippen molar-refractivity contribution in [3.63, 3.8) is 0 Å². The second-order valence-corrected chi connectivity index (χ2v) is 5.24. The van der Waals surface area contributed by atoms with E-state index in [1.807, 2.05) is 0 Å². The standard InChI is InChI=1S/C18H17N3O5/c1-11(22)19-13-7-9-15(10-8-13)21-17(24)16(23)20-14-5-3-12(4-6-14)18(25)26-2/h3-10H,1-2H3,(H,19,22)(H,20,23)(H,21,24). The summed E-state index contributed by atoms with van der Waals surface area (Å²) in [4.78, 5) is 46.2. The number of benzene rings is 2. The Morgan fingerprint density at radius 2 is 1.08 bits per heavy atom. The van der Waals surface area contributed by atoms with E-state index in [9.17, 15) is 19.2 Å². The zero-order chi connectivity index (χ0) is 19.1. The van der Waals surface area contributed by atoms with Gasteiger partial charge in [-0.05, 0) is 48.5 Å². The Hall–Kier alpha value is -3.68. The second-order valence-electron chi connectivity index (χ2n) is 5.24. The second kappa shape index (κ2) is 8.43. The van der Waals surface area contributed by atoms with Crippen molar-refractivity contribution >= 4 is 40.8 Å². The molecule has 0 fully saturated rings. The molecular formula is C18H17N3O5. The molecule has 0 saturated heterocycles. The van der Waals surface area contributed by atoms with E-state index in [4.69, 9.17) is 0 Å². The summed E-state index contributed by atoms with van der Waals surface area (Å²) in [7, 11) is 1.27. The van der Waals surface area contributed by atoms with Crippen molar-refractivity contribution in [2.24, 2.45) is 0 Å². The molecule has 0 saturated carbocycles. The molecule has 0 aliphatic rings. The van der Waals surface area contributed by atoms with Crippen LogP contribution in [0.25, 0.3) is 0 Å². The minimum atomic E-state index is -0.859. The van der Waals surface area contributed by atoms with Crippen LogP contribution >= 0.6 is 0 Å². The molecule has 0 aliphatic carbocycles. The average Bonchev–Trinajstić information content (AvgIpc) is 2.62. The largest absolute Gasteiger partial charge is 0.465 e. The molecule has 0 bridgehead atoms. The van der Waals surface area contributed by atoms with Crippen molar-refractivity contribution in [2.45, 2.75) is 6.92 Å². The summed E-state index contributed by atoms with van der Waals surface area (Å²) in [6.07, 6.45) is 0. The zero-order valence-corrected chi connectivity index (χ0v) is 14.2. The molecule has 0 aromatic heterocycles. The number of carbonyl (C=O) groups is 4. The Bertz CT molecular complexity index is 829. The fourth-order valence-electron chi connectivity index (χ4n) is 2.02. The average molecular weight is 355 g/mol. The Kier molecular flexibility index (Phi) is 6.05. The fourth-order valence-corrected chi connectivity index (χ4v) is 2.02. The van der Waals surface area contributed by atoms with Crippen LogP contribution in [-0.2, 0) is 19.1 Å². The van der Waals surface area contributed by atoms with Crippen LogP contribution < -0.4 is 16.0 Å². The molecule has 2 aromatic carbocycles. The minimum Gasteiger partial charge on any atom is -0.465 e. The number of carbonyl (C=O) groups excluding carboxylic acids is 4. The highest BCUT2D eigenvalue weighted by Gasteiger charge is 2.14. The summed E-state index contributed by atoms with van der Waals surface area (Å²) < 4.78 is 4.58. The van der Waals surface area contributed by atoms with Crippen molar-refractivity contribution in [2.75, 3.05) is 23.1 Å². The number of methoxy groups -OCH3 is 1. The third-order valence-corrected chi connectivity index (χ3v) is 3.23. The smallest absolute Gasteiger partial charge is 0.337 e. The predicted molar refractivity (Wildman–Crippen MR) is 95.8 cm³/mol. The van der Waals surface area contributed by atoms with Gasteiger partial charge in [0.15, 0.2) is 0 Å². The summed E-state index contributed by atoms with van der Waals surface area (Å²) in [6, 6.07) is 12.2. The molecule has 0 aliphatic heterocycles. The Balaban J connectivity index is 1.94. The van der Waals surface area contributed by atoms with Crippen molar-refractivity contribution in [1.82, 2.24) is 0 Å². The quantitative estimate of drug-likeness (QED) is 0.573. The number of esters is 1. The molecule has 0 radical (unpaired) electrons. The van der Waals surface area contributed by atoms with E-state index in [0.29, 0.717) is 22.6 Å². The fraction of sp³-hybridized carbons (Fsp3) is 0.111. The van der Waals surface area contributed by atoms with Gasteiger partial charge >= 0.3 is 17.8 Å². The van der Waals surface area contributed by atoms with Gasteiger partial charge in [-0.3, -0.25) is 14.4 Å². The van der Waals surface area contributed by atoms with Gasteiger partial charge in [-0.15, -0.1) is 0 Å². The summed E-state index contributed by atoms with van der Waals surface area (Å²) in [5, 5.41) is 7.46. The van der Waals surface area contributed by atoms with E-state index in [2.05, 4.69) is 20.7 Å². The lowest BCUT2D eigenvalue weighted by molar-refractivity contribution is -0.132. The van der Waals surface area contributed by atoms with Crippen LogP contribution in [-0.4, -0.2) is 30.8 Å². The lowest BCUT2D eigenvalue weighted by Gasteiger charge is -2.08. The molecule has 134 valence electrons. The molecule has 0 atom stereocenters. The maximum atomic E-state index is 11.9. The first-order valence-corrected chi connectivity index (χ1v) is 7.57. The third-order valence-electron chi connectivity index (χ3n) is 3.23. The summed E-state index contributed by atoms with van der Waals surface area (Å²) in [5.74, 6) is -2.42. The Morgan fingerprint density at radius 3 is 1.46 bits per heavy atom. The molecule has 3 amide bonds. The van der Waals surface area contributed by atoms with Crippen LogP contribution in [0.4, 0.5) is 17.1 Å². The molecule has 0 spiro atoms. The van der Waals surface area contributed by atoms with Gasteiger partial charge in [0.1, 0.15) is 0 Å². The van der Waals surface area contributed by atoms with Crippen LogP contribution in [0.3, 0.4) is 0 Å². The SMILES string of the molecule is COC(=O)c1ccc(NC(=O)C(=O)Nc2ccc(NC(C)=O)cc2)cc1. The third kappa shape index (κ3) is 5.17. The number of rotatable bonds is 4. The molecule has 3 N–H and O–H groups in total. The highest BCUT2D eigenvalue weighted by atomic mass is 16.5. The van der Waals surface area contributed by atoms with Gasteiger partial charge in [0.25, 0.3) is 0 Å². The number of hydrogen-bond donors (Lipinski definition) is 3. The molecule has 26 heavy (non-hydrogen) atoms. The van der Waals surface area contributed by atoms with Gasteiger partial charge in [0.05, 0.1) is 12.7 Å².